The first-order valence-electron chi connectivity index (χ1n) is 6.10. The second-order valence-electron chi connectivity index (χ2n) is 5.07. The molecule has 0 aromatic heterocycles. The minimum absolute atomic E-state index is 0.00339. The summed E-state index contributed by atoms with van der Waals surface area (Å²) in [6, 6.07) is 5.51. The van der Waals surface area contributed by atoms with Crippen LogP contribution in [0, 0.1) is 6.92 Å². The average Bonchev–Trinajstić information content (AvgIpc) is 2.26. The van der Waals surface area contributed by atoms with E-state index in [1.165, 1.54) is 0 Å². The van der Waals surface area contributed by atoms with Crippen LogP contribution in [0.25, 0.3) is 0 Å². The largest absolute Gasteiger partial charge is 0.508 e. The van der Waals surface area contributed by atoms with Crippen LogP contribution in [0.3, 0.4) is 0 Å². The van der Waals surface area contributed by atoms with Gasteiger partial charge in [-0.3, -0.25) is 4.90 Å². The molecular formula is C13H19NO3S. The number of phenols is 1. The van der Waals surface area contributed by atoms with Gasteiger partial charge in [0.25, 0.3) is 0 Å². The normalized spacial score (nSPS) is 24.0. The monoisotopic (exact) mass is 269 g/mol. The van der Waals surface area contributed by atoms with Crippen molar-refractivity contribution < 1.29 is 13.5 Å². The second-order valence-corrected chi connectivity index (χ2v) is 7.29. The number of rotatable bonds is 2. The van der Waals surface area contributed by atoms with Gasteiger partial charge in [-0.1, -0.05) is 17.7 Å². The average molecular weight is 269 g/mol. The SMILES string of the molecule is Cc1ccc(O)c(CN2CCS(=O)(=O)CC2C)c1. The highest BCUT2D eigenvalue weighted by atomic mass is 32.2. The summed E-state index contributed by atoms with van der Waals surface area (Å²) in [4.78, 5) is 2.11. The minimum atomic E-state index is -2.88. The lowest BCUT2D eigenvalue weighted by molar-refractivity contribution is 0.215. The number of hydrogen-bond donors (Lipinski definition) is 1. The molecule has 0 bridgehead atoms. The first-order valence-corrected chi connectivity index (χ1v) is 7.92. The second kappa shape index (κ2) is 4.90. The van der Waals surface area contributed by atoms with Crippen LogP contribution in [-0.4, -0.2) is 42.5 Å². The van der Waals surface area contributed by atoms with Crippen LogP contribution in [0.15, 0.2) is 18.2 Å². The van der Waals surface area contributed by atoms with E-state index in [0.717, 1.165) is 11.1 Å². The van der Waals surface area contributed by atoms with Crippen LogP contribution in [0.1, 0.15) is 18.1 Å². The van der Waals surface area contributed by atoms with Gasteiger partial charge in [0.2, 0.25) is 0 Å². The molecule has 4 nitrogen and oxygen atoms in total. The summed E-state index contributed by atoms with van der Waals surface area (Å²) >= 11 is 0. The molecule has 2 rings (SSSR count). The molecule has 100 valence electrons. The van der Waals surface area contributed by atoms with Crippen LogP contribution in [-0.2, 0) is 16.4 Å². The number of nitrogens with zero attached hydrogens (tertiary/aromatic N) is 1. The van der Waals surface area contributed by atoms with Gasteiger partial charge in [0.05, 0.1) is 11.5 Å². The maximum absolute atomic E-state index is 11.5. The standard InChI is InChI=1S/C13H19NO3S/c1-10-3-4-13(15)12(7-10)8-14-5-6-18(16,17)9-11(14)2/h3-4,7,11,15H,5-6,8-9H2,1-2H3. The lowest BCUT2D eigenvalue weighted by Gasteiger charge is -2.33. The van der Waals surface area contributed by atoms with Crippen LogP contribution < -0.4 is 0 Å². The van der Waals surface area contributed by atoms with Crippen molar-refractivity contribution in [2.75, 3.05) is 18.1 Å². The zero-order chi connectivity index (χ0) is 13.3. The van der Waals surface area contributed by atoms with Crippen LogP contribution >= 0.6 is 0 Å². The van der Waals surface area contributed by atoms with Crippen LogP contribution in [0.5, 0.6) is 5.75 Å². The number of sulfone groups is 1. The van der Waals surface area contributed by atoms with Crippen molar-refractivity contribution >= 4 is 9.84 Å². The minimum Gasteiger partial charge on any atom is -0.508 e. The van der Waals surface area contributed by atoms with Crippen molar-refractivity contribution in [2.24, 2.45) is 0 Å². The third-order valence-corrected chi connectivity index (χ3v) is 5.21. The summed E-state index contributed by atoms with van der Waals surface area (Å²) < 4.78 is 23.0. The smallest absolute Gasteiger partial charge is 0.153 e. The fourth-order valence-electron chi connectivity index (χ4n) is 2.33. The zero-order valence-corrected chi connectivity index (χ0v) is 11.6. The molecule has 1 aliphatic heterocycles. The van der Waals surface area contributed by atoms with Crippen LogP contribution in [0.4, 0.5) is 0 Å². The maximum atomic E-state index is 11.5. The predicted octanol–water partition coefficient (Wildman–Crippen LogP) is 1.32. The highest BCUT2D eigenvalue weighted by Crippen LogP contribution is 2.22. The molecule has 1 saturated heterocycles. The van der Waals surface area contributed by atoms with Crippen molar-refractivity contribution in [3.63, 3.8) is 0 Å². The molecule has 1 heterocycles. The van der Waals surface area contributed by atoms with Crippen molar-refractivity contribution in [1.82, 2.24) is 4.90 Å². The number of hydrogen-bond acceptors (Lipinski definition) is 4. The highest BCUT2D eigenvalue weighted by molar-refractivity contribution is 7.91. The number of benzene rings is 1. The van der Waals surface area contributed by atoms with Crippen molar-refractivity contribution in [3.05, 3.63) is 29.3 Å². The van der Waals surface area contributed by atoms with Gasteiger partial charge in [0.15, 0.2) is 9.84 Å². The quantitative estimate of drug-likeness (QED) is 0.879. The third-order valence-electron chi connectivity index (χ3n) is 3.42. The molecule has 1 aliphatic rings. The molecule has 1 atom stereocenters. The summed E-state index contributed by atoms with van der Waals surface area (Å²) in [6.07, 6.45) is 0. The third kappa shape index (κ3) is 3.03. The Hall–Kier alpha value is -1.07. The Balaban J connectivity index is 2.12. The van der Waals surface area contributed by atoms with Crippen molar-refractivity contribution in [1.29, 1.82) is 0 Å². The molecule has 0 aliphatic carbocycles. The highest BCUT2D eigenvalue weighted by Gasteiger charge is 2.28. The Morgan fingerprint density at radius 1 is 1.44 bits per heavy atom. The lowest BCUT2D eigenvalue weighted by atomic mass is 10.1. The van der Waals surface area contributed by atoms with E-state index in [1.807, 2.05) is 26.0 Å². The van der Waals surface area contributed by atoms with Crippen molar-refractivity contribution in [2.45, 2.75) is 26.4 Å². The van der Waals surface area contributed by atoms with E-state index in [9.17, 15) is 13.5 Å². The number of phenolic OH excluding ortho intramolecular Hbond substituents is 1. The summed E-state index contributed by atoms with van der Waals surface area (Å²) in [5.74, 6) is 0.699. The van der Waals surface area contributed by atoms with E-state index in [-0.39, 0.29) is 23.3 Å². The van der Waals surface area contributed by atoms with E-state index < -0.39 is 9.84 Å². The van der Waals surface area contributed by atoms with Gasteiger partial charge in [-0.15, -0.1) is 0 Å². The van der Waals surface area contributed by atoms with Gasteiger partial charge in [0, 0.05) is 24.7 Å². The Morgan fingerprint density at radius 3 is 2.83 bits per heavy atom. The molecule has 0 radical (unpaired) electrons. The van der Waals surface area contributed by atoms with E-state index in [2.05, 4.69) is 4.90 Å². The molecule has 0 saturated carbocycles. The lowest BCUT2D eigenvalue weighted by Crippen LogP contribution is -2.46. The van der Waals surface area contributed by atoms with Gasteiger partial charge in [-0.05, 0) is 19.9 Å². The summed E-state index contributed by atoms with van der Waals surface area (Å²) in [7, 11) is -2.88. The molecule has 0 amide bonds. The van der Waals surface area contributed by atoms with Crippen LogP contribution in [0.2, 0.25) is 0 Å². The summed E-state index contributed by atoms with van der Waals surface area (Å²) in [6.45, 7) is 5.04. The maximum Gasteiger partial charge on any atom is 0.153 e. The first-order chi connectivity index (χ1) is 8.37. The molecular weight excluding hydrogens is 250 g/mol. The Kier molecular flexibility index (Phi) is 3.64. The molecule has 5 heteroatoms. The summed E-state index contributed by atoms with van der Waals surface area (Å²) in [5.41, 5.74) is 1.96. The van der Waals surface area contributed by atoms with E-state index >= 15 is 0 Å². The van der Waals surface area contributed by atoms with E-state index in [4.69, 9.17) is 0 Å². The summed E-state index contributed by atoms with van der Waals surface area (Å²) in [5, 5.41) is 9.81. The fraction of sp³-hybridized carbons (Fsp3) is 0.538. The number of aryl methyl sites for hydroxylation is 1. The van der Waals surface area contributed by atoms with Gasteiger partial charge < -0.3 is 5.11 Å². The first kappa shape index (κ1) is 13.4. The topological polar surface area (TPSA) is 57.6 Å². The molecule has 1 unspecified atom stereocenters. The molecule has 1 N–H and O–H groups in total. The Morgan fingerprint density at radius 2 is 2.17 bits per heavy atom. The van der Waals surface area contributed by atoms with E-state index in [1.54, 1.807) is 6.07 Å². The molecule has 0 spiro atoms. The molecule has 1 fully saturated rings. The van der Waals surface area contributed by atoms with Gasteiger partial charge in [-0.2, -0.15) is 0 Å². The fourth-order valence-corrected chi connectivity index (χ4v) is 3.95. The Bertz CT molecular complexity index is 539. The zero-order valence-electron chi connectivity index (χ0n) is 10.8. The van der Waals surface area contributed by atoms with Gasteiger partial charge in [-0.25, -0.2) is 8.42 Å². The van der Waals surface area contributed by atoms with Gasteiger partial charge >= 0.3 is 0 Å². The Labute approximate surface area is 108 Å². The number of aromatic hydroxyl groups is 1. The molecule has 1 aromatic carbocycles. The molecule has 18 heavy (non-hydrogen) atoms. The van der Waals surface area contributed by atoms with Crippen molar-refractivity contribution in [3.8, 4) is 5.75 Å². The molecule has 1 aromatic rings. The van der Waals surface area contributed by atoms with Gasteiger partial charge in [0.1, 0.15) is 5.75 Å². The van der Waals surface area contributed by atoms with E-state index in [0.29, 0.717) is 13.1 Å². The predicted molar refractivity (Wildman–Crippen MR) is 71.4 cm³/mol.